The third-order valence-electron chi connectivity index (χ3n) is 5.21. The predicted octanol–water partition coefficient (Wildman–Crippen LogP) is 1.95. The van der Waals surface area contributed by atoms with E-state index in [4.69, 9.17) is 9.57 Å². The summed E-state index contributed by atoms with van der Waals surface area (Å²) >= 11 is 0. The monoisotopic (exact) mass is 371 g/mol. The lowest BCUT2D eigenvalue weighted by Crippen LogP contribution is -2.70. The summed E-state index contributed by atoms with van der Waals surface area (Å²) in [6.07, 6.45) is -0.297. The lowest BCUT2D eigenvalue weighted by Gasteiger charge is -2.49. The van der Waals surface area contributed by atoms with Gasteiger partial charge in [-0.3, -0.25) is 14.4 Å². The summed E-state index contributed by atoms with van der Waals surface area (Å²) in [5.41, 5.74) is 1.31. The average molecular weight is 371 g/mol. The third-order valence-corrected chi connectivity index (χ3v) is 5.21. The van der Waals surface area contributed by atoms with Gasteiger partial charge >= 0.3 is 6.09 Å². The first-order valence-corrected chi connectivity index (χ1v) is 8.98. The average Bonchev–Trinajstić information content (AvgIpc) is 2.88. The third kappa shape index (κ3) is 2.51. The minimum Gasteiger partial charge on any atom is -0.448 e. The molecule has 8 heteroatoms. The van der Waals surface area contributed by atoms with E-state index in [0.29, 0.717) is 5.56 Å². The Balaban J connectivity index is 1.77. The number of carbonyl (C=O) groups excluding carboxylic acids is 3. The highest BCUT2D eigenvalue weighted by Crippen LogP contribution is 2.42. The lowest BCUT2D eigenvalue weighted by molar-refractivity contribution is -0.187. The molecule has 2 fully saturated rings. The number of amides is 3. The number of benzene rings is 1. The first kappa shape index (κ1) is 17.5. The van der Waals surface area contributed by atoms with Gasteiger partial charge in [0.05, 0.1) is 18.6 Å². The largest absolute Gasteiger partial charge is 0.448 e. The summed E-state index contributed by atoms with van der Waals surface area (Å²) < 4.78 is 5.16. The van der Waals surface area contributed by atoms with Gasteiger partial charge in [0.15, 0.2) is 6.17 Å². The molecule has 0 aliphatic carbocycles. The Hall–Kier alpha value is -2.87. The molecule has 0 spiro atoms. The van der Waals surface area contributed by atoms with Crippen molar-refractivity contribution in [3.05, 3.63) is 47.5 Å². The normalized spacial score (nSPS) is 28.9. The highest BCUT2D eigenvalue weighted by atomic mass is 16.7. The van der Waals surface area contributed by atoms with Crippen LogP contribution in [0.2, 0.25) is 0 Å². The van der Waals surface area contributed by atoms with E-state index in [1.807, 2.05) is 13.0 Å². The number of hydrogen-bond donors (Lipinski definition) is 0. The van der Waals surface area contributed by atoms with Crippen LogP contribution in [0.3, 0.4) is 0 Å². The van der Waals surface area contributed by atoms with Crippen molar-refractivity contribution < 1.29 is 24.0 Å². The van der Waals surface area contributed by atoms with Crippen molar-refractivity contribution >= 4 is 17.9 Å². The molecule has 142 valence electrons. The van der Waals surface area contributed by atoms with E-state index in [9.17, 15) is 14.4 Å². The van der Waals surface area contributed by atoms with Crippen LogP contribution < -0.4 is 0 Å². The van der Waals surface area contributed by atoms with Crippen LogP contribution in [0.25, 0.3) is 0 Å². The standard InChI is InChI=1S/C19H21N3O5/c1-4-26-19(25)20-14-10-11(2)16(15-12(3)17(23)21(15)20)27-22(14)18(24)13-8-6-5-7-9-13/h5-10,12,14-16H,4H2,1-3H3/t12-,14-,15+,16-/m1/s1. The minimum atomic E-state index is -0.894. The fourth-order valence-electron chi connectivity index (χ4n) is 3.83. The van der Waals surface area contributed by atoms with Gasteiger partial charge in [-0.05, 0) is 37.6 Å². The molecule has 4 heterocycles. The van der Waals surface area contributed by atoms with Gasteiger partial charge in [-0.1, -0.05) is 25.1 Å². The highest BCUT2D eigenvalue weighted by molar-refractivity contribution is 5.94. The quantitative estimate of drug-likeness (QED) is 0.586. The van der Waals surface area contributed by atoms with E-state index in [2.05, 4.69) is 0 Å². The molecule has 4 atom stereocenters. The number of ether oxygens (including phenoxy) is 1. The molecule has 2 saturated heterocycles. The Kier molecular flexibility index (Phi) is 4.15. The van der Waals surface area contributed by atoms with E-state index in [-0.39, 0.29) is 30.4 Å². The summed E-state index contributed by atoms with van der Waals surface area (Å²) in [6, 6.07) is 8.32. The predicted molar refractivity (Wildman–Crippen MR) is 93.7 cm³/mol. The first-order chi connectivity index (χ1) is 13.0. The molecule has 0 radical (unpaired) electrons. The number of hydrogen-bond acceptors (Lipinski definition) is 5. The summed E-state index contributed by atoms with van der Waals surface area (Å²) in [4.78, 5) is 44.3. The molecule has 3 amide bonds. The molecule has 0 unspecified atom stereocenters. The fraction of sp³-hybridized carbons (Fsp3) is 0.421. The minimum absolute atomic E-state index is 0.157. The van der Waals surface area contributed by atoms with E-state index >= 15 is 0 Å². The number of hydroxylamine groups is 2. The van der Waals surface area contributed by atoms with Crippen molar-refractivity contribution in [3.63, 3.8) is 0 Å². The number of nitrogens with zero attached hydrogens (tertiary/aromatic N) is 3. The van der Waals surface area contributed by atoms with Gasteiger partial charge in [0.2, 0.25) is 5.91 Å². The van der Waals surface area contributed by atoms with Gasteiger partial charge in [0, 0.05) is 5.56 Å². The Morgan fingerprint density at radius 1 is 1.22 bits per heavy atom. The van der Waals surface area contributed by atoms with E-state index in [1.54, 1.807) is 44.2 Å². The zero-order valence-corrected chi connectivity index (χ0v) is 15.4. The van der Waals surface area contributed by atoms with E-state index in [1.165, 1.54) is 15.1 Å². The molecule has 5 rings (SSSR count). The molecule has 4 aliphatic rings. The Bertz CT molecular complexity index is 824. The van der Waals surface area contributed by atoms with Gasteiger partial charge in [0.1, 0.15) is 6.10 Å². The zero-order valence-electron chi connectivity index (χ0n) is 15.4. The molecular weight excluding hydrogens is 350 g/mol. The van der Waals surface area contributed by atoms with Gasteiger partial charge in [-0.25, -0.2) is 9.80 Å². The molecule has 27 heavy (non-hydrogen) atoms. The zero-order chi connectivity index (χ0) is 19.3. The summed E-state index contributed by atoms with van der Waals surface area (Å²) in [6.45, 7) is 5.52. The molecule has 0 saturated carbocycles. The van der Waals surface area contributed by atoms with Crippen molar-refractivity contribution in [3.8, 4) is 0 Å². The summed E-state index contributed by atoms with van der Waals surface area (Å²) in [5.74, 6) is -0.893. The number of hydrazine groups is 1. The molecule has 0 aromatic heterocycles. The molecule has 4 aliphatic heterocycles. The van der Waals surface area contributed by atoms with Gasteiger partial charge in [-0.2, -0.15) is 10.1 Å². The van der Waals surface area contributed by atoms with Crippen LogP contribution in [-0.4, -0.2) is 57.9 Å². The maximum absolute atomic E-state index is 13.1. The maximum Gasteiger partial charge on any atom is 0.431 e. The van der Waals surface area contributed by atoms with Crippen LogP contribution in [0.4, 0.5) is 4.79 Å². The second-order valence-corrected chi connectivity index (χ2v) is 6.85. The second-order valence-electron chi connectivity index (χ2n) is 6.85. The topological polar surface area (TPSA) is 79.4 Å². The summed E-state index contributed by atoms with van der Waals surface area (Å²) in [7, 11) is 0. The molecule has 8 nitrogen and oxygen atoms in total. The van der Waals surface area contributed by atoms with E-state index < -0.39 is 18.4 Å². The fourth-order valence-corrected chi connectivity index (χ4v) is 3.83. The number of carbonyl (C=O) groups is 3. The molecule has 1 aromatic rings. The molecule has 1 aromatic carbocycles. The van der Waals surface area contributed by atoms with Gasteiger partial charge < -0.3 is 4.74 Å². The highest BCUT2D eigenvalue weighted by Gasteiger charge is 2.61. The SMILES string of the molecule is CCOC(=O)N1[C@H]2C=C(C)[C@@H](ON2C(=O)c2ccccc2)[C@@H]2[C@@H](C)C(=O)N21. The Labute approximate surface area is 156 Å². The number of rotatable bonds is 2. The van der Waals surface area contributed by atoms with Crippen molar-refractivity contribution in [2.24, 2.45) is 5.92 Å². The van der Waals surface area contributed by atoms with Gasteiger partial charge in [-0.15, -0.1) is 0 Å². The first-order valence-electron chi connectivity index (χ1n) is 8.98. The van der Waals surface area contributed by atoms with Crippen molar-refractivity contribution in [1.82, 2.24) is 15.1 Å². The lowest BCUT2D eigenvalue weighted by atomic mass is 9.84. The molecular formula is C19H21N3O5. The van der Waals surface area contributed by atoms with Crippen LogP contribution in [0, 0.1) is 5.92 Å². The maximum atomic E-state index is 13.1. The van der Waals surface area contributed by atoms with Crippen LogP contribution in [0.5, 0.6) is 0 Å². The van der Waals surface area contributed by atoms with Crippen molar-refractivity contribution in [2.75, 3.05) is 6.61 Å². The van der Waals surface area contributed by atoms with E-state index in [0.717, 1.165) is 5.57 Å². The second kappa shape index (κ2) is 6.38. The Morgan fingerprint density at radius 2 is 1.93 bits per heavy atom. The Morgan fingerprint density at radius 3 is 2.59 bits per heavy atom. The van der Waals surface area contributed by atoms with Gasteiger partial charge in [0.25, 0.3) is 5.91 Å². The smallest absolute Gasteiger partial charge is 0.431 e. The molecule has 0 N–H and O–H groups in total. The number of fused-ring (bicyclic) bond motifs is 1. The van der Waals surface area contributed by atoms with Crippen LogP contribution >= 0.6 is 0 Å². The summed E-state index contributed by atoms with van der Waals surface area (Å²) in [5, 5.41) is 3.75. The van der Waals surface area contributed by atoms with Crippen molar-refractivity contribution in [2.45, 2.75) is 39.1 Å². The van der Waals surface area contributed by atoms with Crippen LogP contribution in [0.1, 0.15) is 31.1 Å². The van der Waals surface area contributed by atoms with Crippen LogP contribution in [0.15, 0.2) is 42.0 Å². The number of β-lactam (4-membered cyclic amide) rings is 1. The van der Waals surface area contributed by atoms with Crippen LogP contribution in [-0.2, 0) is 14.4 Å². The van der Waals surface area contributed by atoms with Crippen molar-refractivity contribution in [1.29, 1.82) is 0 Å². The molecule has 2 bridgehead atoms.